The van der Waals surface area contributed by atoms with Gasteiger partial charge >= 0.3 is 5.97 Å². The molecule has 0 unspecified atom stereocenters. The number of aromatic carboxylic acids is 1. The van der Waals surface area contributed by atoms with E-state index in [9.17, 15) is 9.18 Å². The van der Waals surface area contributed by atoms with Gasteiger partial charge in [-0.1, -0.05) is 38.0 Å². The zero-order valence-corrected chi connectivity index (χ0v) is 16.6. The Morgan fingerprint density at radius 2 is 1.79 bits per heavy atom. The van der Waals surface area contributed by atoms with Crippen molar-refractivity contribution < 1.29 is 14.3 Å². The zero-order valence-electron chi connectivity index (χ0n) is 16.6. The van der Waals surface area contributed by atoms with E-state index in [1.54, 1.807) is 31.2 Å². The number of hydrogen-bond donors (Lipinski definition) is 1. The van der Waals surface area contributed by atoms with Crippen LogP contribution in [0, 0.1) is 30.0 Å². The molecule has 3 nitrogen and oxygen atoms in total. The lowest BCUT2D eigenvalue weighted by Gasteiger charge is -2.28. The molecule has 0 atom stereocenters. The van der Waals surface area contributed by atoms with Crippen molar-refractivity contribution in [2.75, 3.05) is 0 Å². The molecule has 4 heteroatoms. The molecule has 0 aromatic heterocycles. The molecule has 0 amide bonds. The number of halogens is 1. The first-order chi connectivity index (χ1) is 13.4. The van der Waals surface area contributed by atoms with Gasteiger partial charge in [0.2, 0.25) is 0 Å². The minimum atomic E-state index is -0.840. The van der Waals surface area contributed by atoms with E-state index in [4.69, 9.17) is 10.4 Å². The van der Waals surface area contributed by atoms with Crippen LogP contribution in [-0.2, 0) is 0 Å². The monoisotopic (exact) mass is 381 g/mol. The molecular formula is C24H28FNO2. The molecule has 0 saturated heterocycles. The summed E-state index contributed by atoms with van der Waals surface area (Å²) in [6.45, 7) is 4.04. The van der Waals surface area contributed by atoms with E-state index in [2.05, 4.69) is 6.92 Å². The minimum absolute atomic E-state index is 0.102. The van der Waals surface area contributed by atoms with Crippen molar-refractivity contribution in [3.63, 3.8) is 0 Å². The molecule has 1 aliphatic carbocycles. The number of rotatable bonds is 4. The molecule has 0 heterocycles. The molecule has 0 aliphatic heterocycles. The number of nitrogens with zero attached hydrogens (tertiary/aromatic N) is 1. The first-order valence-electron chi connectivity index (χ1n) is 9.94. The summed E-state index contributed by atoms with van der Waals surface area (Å²) in [6.07, 6.45) is 7.85. The molecule has 148 valence electrons. The van der Waals surface area contributed by atoms with Crippen molar-refractivity contribution in [2.45, 2.75) is 58.3 Å². The molecule has 1 aliphatic rings. The Bertz CT molecular complexity index is 815. The predicted molar refractivity (Wildman–Crippen MR) is 109 cm³/mol. The van der Waals surface area contributed by atoms with E-state index in [1.165, 1.54) is 56.2 Å². The van der Waals surface area contributed by atoms with Gasteiger partial charge in [0.1, 0.15) is 11.9 Å². The first-order valence-corrected chi connectivity index (χ1v) is 9.94. The molecule has 2 aromatic carbocycles. The van der Waals surface area contributed by atoms with E-state index in [-0.39, 0.29) is 5.56 Å². The number of aryl methyl sites for hydroxylation is 1. The Hall–Kier alpha value is -2.67. The second-order valence-corrected chi connectivity index (χ2v) is 7.53. The first kappa shape index (κ1) is 21.6. The van der Waals surface area contributed by atoms with Crippen molar-refractivity contribution in [1.29, 1.82) is 5.26 Å². The van der Waals surface area contributed by atoms with Crippen molar-refractivity contribution in [1.82, 2.24) is 0 Å². The highest BCUT2D eigenvalue weighted by Crippen LogP contribution is 2.37. The molecule has 0 radical (unpaired) electrons. The summed E-state index contributed by atoms with van der Waals surface area (Å²) >= 11 is 0. The predicted octanol–water partition coefficient (Wildman–Crippen LogP) is 6.46. The van der Waals surface area contributed by atoms with Crippen LogP contribution in [0.2, 0.25) is 0 Å². The third-order valence-corrected chi connectivity index (χ3v) is 5.42. The van der Waals surface area contributed by atoms with Crippen molar-refractivity contribution in [2.24, 2.45) is 5.92 Å². The Morgan fingerprint density at radius 1 is 1.14 bits per heavy atom. The van der Waals surface area contributed by atoms with Crippen molar-refractivity contribution in [3.05, 3.63) is 70.5 Å². The van der Waals surface area contributed by atoms with Crippen LogP contribution in [0.15, 0.2) is 42.5 Å². The van der Waals surface area contributed by atoms with Gasteiger partial charge in [0.15, 0.2) is 0 Å². The Morgan fingerprint density at radius 3 is 2.29 bits per heavy atom. The fourth-order valence-electron chi connectivity index (χ4n) is 3.80. The lowest BCUT2D eigenvalue weighted by atomic mass is 9.77. The highest BCUT2D eigenvalue weighted by atomic mass is 19.1. The quantitative estimate of drug-likeness (QED) is 0.660. The molecule has 3 rings (SSSR count). The zero-order chi connectivity index (χ0) is 20.5. The normalized spacial score (nSPS) is 18.5. The summed E-state index contributed by atoms with van der Waals surface area (Å²) in [4.78, 5) is 10.8. The summed E-state index contributed by atoms with van der Waals surface area (Å²) in [5.41, 5.74) is 2.63. The minimum Gasteiger partial charge on any atom is -0.478 e. The maximum atomic E-state index is 12.6. The third kappa shape index (κ3) is 6.20. The number of nitriles is 1. The maximum absolute atomic E-state index is 12.6. The number of carboxylic acid groups (broad SMARTS) is 1. The molecule has 1 fully saturated rings. The largest absolute Gasteiger partial charge is 0.478 e. The van der Waals surface area contributed by atoms with Crippen LogP contribution < -0.4 is 0 Å². The van der Waals surface area contributed by atoms with Gasteiger partial charge in [0.05, 0.1) is 11.1 Å². The Balaban J connectivity index is 0.000000237. The van der Waals surface area contributed by atoms with E-state index in [1.807, 2.05) is 12.1 Å². The van der Waals surface area contributed by atoms with Gasteiger partial charge < -0.3 is 5.11 Å². The summed E-state index contributed by atoms with van der Waals surface area (Å²) in [6, 6.07) is 13.7. The lowest BCUT2D eigenvalue weighted by Crippen LogP contribution is -2.13. The van der Waals surface area contributed by atoms with Crippen LogP contribution in [0.5, 0.6) is 0 Å². The summed E-state index contributed by atoms with van der Waals surface area (Å²) in [7, 11) is 0. The van der Waals surface area contributed by atoms with Crippen LogP contribution in [0.4, 0.5) is 4.39 Å². The molecule has 1 saturated carbocycles. The molecule has 0 spiro atoms. The number of hydrogen-bond acceptors (Lipinski definition) is 2. The number of benzene rings is 2. The fourth-order valence-corrected chi connectivity index (χ4v) is 3.80. The highest BCUT2D eigenvalue weighted by molar-refractivity contribution is 5.87. The highest BCUT2D eigenvalue weighted by Gasteiger charge is 2.21. The SMILES string of the molecule is CCCC1CCC(c2ccc(C(=O)O)cc2)CC1.Cc1ccc(C#N)c(F)c1. The van der Waals surface area contributed by atoms with Gasteiger partial charge in [-0.3, -0.25) is 0 Å². The Labute approximate surface area is 166 Å². The number of carboxylic acids is 1. The Kier molecular flexibility index (Phi) is 8.19. The summed E-state index contributed by atoms with van der Waals surface area (Å²) in [5.74, 6) is 0.279. The van der Waals surface area contributed by atoms with Gasteiger partial charge in [-0.25, -0.2) is 9.18 Å². The molecule has 2 aromatic rings. The van der Waals surface area contributed by atoms with Gasteiger partial charge in [-0.15, -0.1) is 0 Å². The summed E-state index contributed by atoms with van der Waals surface area (Å²) < 4.78 is 12.6. The maximum Gasteiger partial charge on any atom is 0.335 e. The van der Waals surface area contributed by atoms with Crippen LogP contribution in [-0.4, -0.2) is 11.1 Å². The smallest absolute Gasteiger partial charge is 0.335 e. The van der Waals surface area contributed by atoms with Gasteiger partial charge in [0.25, 0.3) is 0 Å². The summed E-state index contributed by atoms with van der Waals surface area (Å²) in [5, 5.41) is 17.2. The lowest BCUT2D eigenvalue weighted by molar-refractivity contribution is 0.0697. The molecular weight excluding hydrogens is 353 g/mol. The average Bonchev–Trinajstić information content (AvgIpc) is 2.69. The van der Waals surface area contributed by atoms with Crippen LogP contribution in [0.1, 0.15) is 78.4 Å². The number of carbonyl (C=O) groups is 1. The second-order valence-electron chi connectivity index (χ2n) is 7.53. The van der Waals surface area contributed by atoms with E-state index < -0.39 is 11.8 Å². The van der Waals surface area contributed by atoms with Crippen LogP contribution >= 0.6 is 0 Å². The van der Waals surface area contributed by atoms with Crippen LogP contribution in [0.25, 0.3) is 0 Å². The average molecular weight is 381 g/mol. The second kappa shape index (κ2) is 10.6. The topological polar surface area (TPSA) is 61.1 Å². The van der Waals surface area contributed by atoms with Crippen molar-refractivity contribution >= 4 is 5.97 Å². The van der Waals surface area contributed by atoms with E-state index in [0.717, 1.165) is 11.5 Å². The van der Waals surface area contributed by atoms with Gasteiger partial charge in [-0.05, 0) is 79.8 Å². The molecule has 28 heavy (non-hydrogen) atoms. The molecule has 1 N–H and O–H groups in total. The van der Waals surface area contributed by atoms with Crippen LogP contribution in [0.3, 0.4) is 0 Å². The van der Waals surface area contributed by atoms with Gasteiger partial charge in [0, 0.05) is 0 Å². The van der Waals surface area contributed by atoms with Crippen molar-refractivity contribution in [3.8, 4) is 6.07 Å². The van der Waals surface area contributed by atoms with E-state index >= 15 is 0 Å². The molecule has 0 bridgehead atoms. The third-order valence-electron chi connectivity index (χ3n) is 5.42. The van der Waals surface area contributed by atoms with Gasteiger partial charge in [-0.2, -0.15) is 5.26 Å². The van der Waals surface area contributed by atoms with E-state index in [0.29, 0.717) is 11.5 Å². The standard InChI is InChI=1S/C16H22O2.C8H6FN/c1-2-3-12-4-6-13(7-5-12)14-8-10-15(11-9-14)16(17)18;1-6-2-3-7(5-10)8(9)4-6/h8-13H,2-7H2,1H3,(H,17,18);2-4H,1H3. The fraction of sp³-hybridized carbons (Fsp3) is 0.417.